The van der Waals surface area contributed by atoms with Gasteiger partial charge in [0.1, 0.15) is 0 Å². The summed E-state index contributed by atoms with van der Waals surface area (Å²) in [5.41, 5.74) is 5.83. The summed E-state index contributed by atoms with van der Waals surface area (Å²) in [6.45, 7) is 6.12. The van der Waals surface area contributed by atoms with Gasteiger partial charge in [0.2, 0.25) is 5.82 Å². The van der Waals surface area contributed by atoms with Crippen LogP contribution in [-0.4, -0.2) is 20.7 Å². The van der Waals surface area contributed by atoms with Crippen LogP contribution in [-0.2, 0) is 0 Å². The quantitative estimate of drug-likeness (QED) is 0.413. The molecule has 4 aromatic rings. The highest BCUT2D eigenvalue weighted by Gasteiger charge is 2.20. The SMILES string of the molecule is Cc1cccc(-c2nc(C(=O)Nc3ccc(Br)cc3)nn2-c2ccc(C)cc2C)c1. The van der Waals surface area contributed by atoms with E-state index in [2.05, 4.69) is 44.3 Å². The first-order valence-corrected chi connectivity index (χ1v) is 10.4. The Labute approximate surface area is 183 Å². The van der Waals surface area contributed by atoms with Crippen molar-refractivity contribution in [2.24, 2.45) is 0 Å². The molecule has 1 aromatic heterocycles. The zero-order valence-electron chi connectivity index (χ0n) is 17.0. The van der Waals surface area contributed by atoms with Crippen LogP contribution in [0.3, 0.4) is 0 Å². The van der Waals surface area contributed by atoms with E-state index >= 15 is 0 Å². The largest absolute Gasteiger partial charge is 0.319 e. The van der Waals surface area contributed by atoms with Crippen molar-refractivity contribution in [3.63, 3.8) is 0 Å². The molecule has 6 heteroatoms. The van der Waals surface area contributed by atoms with Crippen molar-refractivity contribution in [2.75, 3.05) is 5.32 Å². The topological polar surface area (TPSA) is 59.8 Å². The second-order valence-corrected chi connectivity index (χ2v) is 8.21. The van der Waals surface area contributed by atoms with Crippen LogP contribution < -0.4 is 5.32 Å². The first-order chi connectivity index (χ1) is 14.4. The fraction of sp³-hybridized carbons (Fsp3) is 0.125. The molecule has 0 bridgehead atoms. The molecule has 1 amide bonds. The fourth-order valence-corrected chi connectivity index (χ4v) is 3.57. The summed E-state index contributed by atoms with van der Waals surface area (Å²) in [5.74, 6) is 0.399. The van der Waals surface area contributed by atoms with Gasteiger partial charge in [0.15, 0.2) is 5.82 Å². The third kappa shape index (κ3) is 4.19. The van der Waals surface area contributed by atoms with E-state index in [0.717, 1.165) is 26.9 Å². The summed E-state index contributed by atoms with van der Waals surface area (Å²) >= 11 is 3.40. The molecule has 0 saturated carbocycles. The number of carbonyl (C=O) groups is 1. The molecule has 0 saturated heterocycles. The standard InChI is InChI=1S/C24H21BrN4O/c1-15-5-4-6-18(14-15)23-27-22(24(30)26-20-10-8-19(25)9-11-20)28-29(23)21-12-7-16(2)13-17(21)3/h4-14H,1-3H3,(H,26,30). The Morgan fingerprint density at radius 1 is 0.933 bits per heavy atom. The Bertz CT molecular complexity index is 1230. The highest BCUT2D eigenvalue weighted by atomic mass is 79.9. The number of aromatic nitrogens is 3. The van der Waals surface area contributed by atoms with Crippen molar-refractivity contribution in [1.82, 2.24) is 14.8 Å². The van der Waals surface area contributed by atoms with Crippen molar-refractivity contribution in [3.8, 4) is 17.1 Å². The lowest BCUT2D eigenvalue weighted by Crippen LogP contribution is -2.14. The Hall–Kier alpha value is -3.25. The molecule has 30 heavy (non-hydrogen) atoms. The Kier molecular flexibility index (Phi) is 5.50. The smallest absolute Gasteiger partial charge is 0.295 e. The molecule has 0 unspecified atom stereocenters. The molecule has 4 rings (SSSR count). The molecule has 3 aromatic carbocycles. The van der Waals surface area contributed by atoms with Gasteiger partial charge < -0.3 is 5.32 Å². The monoisotopic (exact) mass is 460 g/mol. The summed E-state index contributed by atoms with van der Waals surface area (Å²) < 4.78 is 2.69. The molecule has 1 N–H and O–H groups in total. The third-order valence-corrected chi connectivity index (χ3v) is 5.30. The number of benzene rings is 3. The van der Waals surface area contributed by atoms with Crippen LogP contribution in [0.15, 0.2) is 71.2 Å². The molecule has 0 atom stereocenters. The van der Waals surface area contributed by atoms with Gasteiger partial charge in [0.05, 0.1) is 5.69 Å². The van der Waals surface area contributed by atoms with Gasteiger partial charge in [0.25, 0.3) is 5.91 Å². The van der Waals surface area contributed by atoms with Gasteiger partial charge in [0, 0.05) is 15.7 Å². The van der Waals surface area contributed by atoms with Gasteiger partial charge in [-0.15, -0.1) is 5.10 Å². The predicted octanol–water partition coefficient (Wildman–Crippen LogP) is 5.87. The molecule has 5 nitrogen and oxygen atoms in total. The van der Waals surface area contributed by atoms with Gasteiger partial charge in [-0.25, -0.2) is 9.67 Å². The Morgan fingerprint density at radius 3 is 2.37 bits per heavy atom. The third-order valence-electron chi connectivity index (χ3n) is 4.77. The molecule has 1 heterocycles. The van der Waals surface area contributed by atoms with Gasteiger partial charge in [-0.05, 0) is 62.7 Å². The van der Waals surface area contributed by atoms with E-state index in [0.29, 0.717) is 11.5 Å². The molecule has 0 fully saturated rings. The van der Waals surface area contributed by atoms with Crippen LogP contribution in [0, 0.1) is 20.8 Å². The zero-order chi connectivity index (χ0) is 21.3. The highest BCUT2D eigenvalue weighted by Crippen LogP contribution is 2.25. The Morgan fingerprint density at radius 2 is 1.67 bits per heavy atom. The molecule has 0 aliphatic rings. The summed E-state index contributed by atoms with van der Waals surface area (Å²) in [7, 11) is 0. The van der Waals surface area contributed by atoms with E-state index in [1.165, 1.54) is 5.56 Å². The normalized spacial score (nSPS) is 10.8. The van der Waals surface area contributed by atoms with Gasteiger partial charge in [-0.1, -0.05) is 57.4 Å². The van der Waals surface area contributed by atoms with Crippen molar-refractivity contribution in [3.05, 3.63) is 93.7 Å². The van der Waals surface area contributed by atoms with Crippen LogP contribution >= 0.6 is 15.9 Å². The molecule has 0 spiro atoms. The van der Waals surface area contributed by atoms with Gasteiger partial charge in [-0.3, -0.25) is 4.79 Å². The van der Waals surface area contributed by atoms with Gasteiger partial charge in [-0.2, -0.15) is 0 Å². The predicted molar refractivity (Wildman–Crippen MR) is 123 cm³/mol. The van der Waals surface area contributed by atoms with E-state index in [1.54, 1.807) is 4.68 Å². The second kappa shape index (κ2) is 8.24. The van der Waals surface area contributed by atoms with Crippen molar-refractivity contribution in [1.29, 1.82) is 0 Å². The van der Waals surface area contributed by atoms with Crippen LogP contribution in [0.2, 0.25) is 0 Å². The molecule has 150 valence electrons. The fourth-order valence-electron chi connectivity index (χ4n) is 3.31. The van der Waals surface area contributed by atoms with Gasteiger partial charge >= 0.3 is 0 Å². The van der Waals surface area contributed by atoms with Crippen LogP contribution in [0.1, 0.15) is 27.3 Å². The van der Waals surface area contributed by atoms with E-state index in [1.807, 2.05) is 74.5 Å². The first-order valence-electron chi connectivity index (χ1n) is 9.59. The molecule has 0 radical (unpaired) electrons. The van der Waals surface area contributed by atoms with E-state index < -0.39 is 0 Å². The molecular weight excluding hydrogens is 440 g/mol. The van der Waals surface area contributed by atoms with Crippen molar-refractivity contribution >= 4 is 27.5 Å². The number of amides is 1. The number of nitrogens with zero attached hydrogens (tertiary/aromatic N) is 3. The molecule has 0 aliphatic carbocycles. The van der Waals surface area contributed by atoms with E-state index in [9.17, 15) is 4.79 Å². The summed E-state index contributed by atoms with van der Waals surface area (Å²) in [5, 5.41) is 7.44. The first kappa shape index (κ1) is 20.0. The van der Waals surface area contributed by atoms with Crippen LogP contribution in [0.4, 0.5) is 5.69 Å². The average Bonchev–Trinajstić information content (AvgIpc) is 3.15. The molecular formula is C24H21BrN4O. The Balaban J connectivity index is 1.79. The summed E-state index contributed by atoms with van der Waals surface area (Å²) in [6.07, 6.45) is 0. The lowest BCUT2D eigenvalue weighted by Gasteiger charge is -2.10. The lowest BCUT2D eigenvalue weighted by molar-refractivity contribution is 0.101. The maximum absolute atomic E-state index is 12.9. The minimum absolute atomic E-state index is 0.120. The van der Waals surface area contributed by atoms with E-state index in [4.69, 9.17) is 0 Å². The maximum Gasteiger partial charge on any atom is 0.295 e. The maximum atomic E-state index is 12.9. The minimum Gasteiger partial charge on any atom is -0.319 e. The van der Waals surface area contributed by atoms with Crippen molar-refractivity contribution in [2.45, 2.75) is 20.8 Å². The highest BCUT2D eigenvalue weighted by molar-refractivity contribution is 9.10. The second-order valence-electron chi connectivity index (χ2n) is 7.29. The van der Waals surface area contributed by atoms with E-state index in [-0.39, 0.29) is 11.7 Å². The number of carbonyl (C=O) groups excluding carboxylic acids is 1. The number of nitrogens with one attached hydrogen (secondary N) is 1. The van der Waals surface area contributed by atoms with Crippen molar-refractivity contribution < 1.29 is 4.79 Å². The summed E-state index contributed by atoms with van der Waals surface area (Å²) in [6, 6.07) is 21.6. The number of anilines is 1. The van der Waals surface area contributed by atoms with Crippen LogP contribution in [0.5, 0.6) is 0 Å². The number of hydrogen-bond acceptors (Lipinski definition) is 3. The number of halogens is 1. The van der Waals surface area contributed by atoms with Crippen LogP contribution in [0.25, 0.3) is 17.1 Å². The number of rotatable bonds is 4. The molecule has 0 aliphatic heterocycles. The summed E-state index contributed by atoms with van der Waals surface area (Å²) in [4.78, 5) is 17.5. The average molecular weight is 461 g/mol. The minimum atomic E-state index is -0.352. The number of aryl methyl sites for hydroxylation is 3. The zero-order valence-corrected chi connectivity index (χ0v) is 18.6. The lowest BCUT2D eigenvalue weighted by atomic mass is 10.1. The number of hydrogen-bond donors (Lipinski definition) is 1.